The summed E-state index contributed by atoms with van der Waals surface area (Å²) in [5.41, 5.74) is 10.4. The van der Waals surface area contributed by atoms with Gasteiger partial charge in [0.15, 0.2) is 0 Å². The zero-order chi connectivity index (χ0) is 41.4. The Balaban J connectivity index is 0.872. The van der Waals surface area contributed by atoms with Crippen LogP contribution in [0.2, 0.25) is 0 Å². The molecule has 3 aromatic carbocycles. The first-order valence-electron chi connectivity index (χ1n) is 21.5. The molecule has 3 aromatic rings. The molecule has 3 saturated carbocycles. The summed E-state index contributed by atoms with van der Waals surface area (Å²) in [7, 11) is -2.43. The molecule has 0 aromatic heterocycles. The fourth-order valence-electron chi connectivity index (χ4n) is 10.3. The second-order valence-corrected chi connectivity index (χ2v) is 18.7. The quantitative estimate of drug-likeness (QED) is 0.0776. The molecular formula is C46H62N3O9P. The Bertz CT molecular complexity index is 1850. The summed E-state index contributed by atoms with van der Waals surface area (Å²) in [6.07, 6.45) is 7.15. The third kappa shape index (κ3) is 10.5. The van der Waals surface area contributed by atoms with Crippen molar-refractivity contribution >= 4 is 19.6 Å². The molecule has 59 heavy (non-hydrogen) atoms. The van der Waals surface area contributed by atoms with E-state index in [1.165, 1.54) is 11.1 Å². The molecule has 7 rings (SSSR count). The van der Waals surface area contributed by atoms with E-state index in [1.54, 1.807) is 7.11 Å². The number of amides is 2. The minimum absolute atomic E-state index is 0.0624. The SMILES string of the molecule is COC1CCC(N)C(O)C1C(=O)NCCCNC(=O)CCOC1CCC2C3CCc4cc(OP(=O)(OCc5ccccc5)OCc5ccccc5)ccc4C3CCC12C. The van der Waals surface area contributed by atoms with Gasteiger partial charge in [0, 0.05) is 32.7 Å². The van der Waals surface area contributed by atoms with E-state index in [0.717, 1.165) is 49.7 Å². The molecule has 320 valence electrons. The van der Waals surface area contributed by atoms with E-state index in [4.69, 9.17) is 28.8 Å². The maximum absolute atomic E-state index is 14.1. The number of phosphoric ester groups is 1. The van der Waals surface area contributed by atoms with Crippen LogP contribution in [0.25, 0.3) is 0 Å². The summed E-state index contributed by atoms with van der Waals surface area (Å²) < 4.78 is 43.9. The largest absolute Gasteiger partial charge is 0.530 e. The normalized spacial score (nSPS) is 28.8. The first kappa shape index (κ1) is 43.5. The highest BCUT2D eigenvalue weighted by molar-refractivity contribution is 7.48. The van der Waals surface area contributed by atoms with Crippen molar-refractivity contribution < 1.29 is 42.3 Å². The van der Waals surface area contributed by atoms with Gasteiger partial charge < -0.3 is 35.5 Å². The van der Waals surface area contributed by atoms with E-state index >= 15 is 0 Å². The predicted octanol–water partition coefficient (Wildman–Crippen LogP) is 6.97. The number of hydrogen-bond donors (Lipinski definition) is 4. The van der Waals surface area contributed by atoms with Gasteiger partial charge in [0.25, 0.3) is 0 Å². The summed E-state index contributed by atoms with van der Waals surface area (Å²) in [5, 5.41) is 16.3. The number of phosphoric acid groups is 1. The van der Waals surface area contributed by atoms with E-state index < -0.39 is 25.9 Å². The van der Waals surface area contributed by atoms with Gasteiger partial charge in [-0.25, -0.2) is 4.57 Å². The summed E-state index contributed by atoms with van der Waals surface area (Å²) in [6, 6.07) is 24.8. The summed E-state index contributed by atoms with van der Waals surface area (Å²) in [6.45, 7) is 3.78. The van der Waals surface area contributed by atoms with Crippen LogP contribution in [0.1, 0.15) is 92.9 Å². The van der Waals surface area contributed by atoms with Crippen LogP contribution in [-0.2, 0) is 52.3 Å². The molecule has 13 heteroatoms. The van der Waals surface area contributed by atoms with Crippen molar-refractivity contribution in [3.05, 3.63) is 101 Å². The van der Waals surface area contributed by atoms with E-state index in [1.807, 2.05) is 72.8 Å². The van der Waals surface area contributed by atoms with Gasteiger partial charge in [-0.1, -0.05) is 73.7 Å². The van der Waals surface area contributed by atoms with Crippen LogP contribution in [0.3, 0.4) is 0 Å². The number of aliphatic hydroxyl groups excluding tert-OH is 1. The van der Waals surface area contributed by atoms with E-state index in [9.17, 15) is 19.3 Å². The molecule has 4 aliphatic rings. The second-order valence-electron chi connectivity index (χ2n) is 17.1. The Morgan fingerprint density at radius 1 is 0.881 bits per heavy atom. The van der Waals surface area contributed by atoms with Crippen LogP contribution in [-0.4, -0.2) is 68.1 Å². The van der Waals surface area contributed by atoms with E-state index in [2.05, 4.69) is 23.6 Å². The number of nitrogens with two attached hydrogens (primary N) is 1. The molecule has 0 spiro atoms. The van der Waals surface area contributed by atoms with Crippen molar-refractivity contribution in [2.24, 2.45) is 28.9 Å². The number of nitrogens with one attached hydrogen (secondary N) is 2. The van der Waals surface area contributed by atoms with Crippen LogP contribution in [0.4, 0.5) is 0 Å². The Morgan fingerprint density at radius 2 is 1.58 bits per heavy atom. The molecular weight excluding hydrogens is 769 g/mol. The van der Waals surface area contributed by atoms with Crippen molar-refractivity contribution in [2.45, 2.75) is 115 Å². The molecule has 0 saturated heterocycles. The Hall–Kier alpha value is -3.61. The number of benzene rings is 3. The standard InChI is InChI=1S/C46H62N3O9P/c1-46-24-22-36-35-17-15-34(58-59(53,56-29-31-10-5-3-6-11-31)57-30-32-12-7-4-8-13-32)28-33(35)14-16-37(36)38(46)18-21-41(46)55-27-23-42(50)48-25-9-26-49-45(52)43-40(54-2)20-19-39(47)44(43)51/h3-8,10-13,15,17,28,36-41,43-44,51H,9,14,16,18-27,29-30,47H2,1-2H3,(H,48,50)(H,49,52). The van der Waals surface area contributed by atoms with E-state index in [-0.39, 0.29) is 49.1 Å². The average molecular weight is 832 g/mol. The first-order chi connectivity index (χ1) is 28.6. The van der Waals surface area contributed by atoms with Crippen LogP contribution in [0.5, 0.6) is 5.75 Å². The van der Waals surface area contributed by atoms with Crippen LogP contribution in [0.15, 0.2) is 78.9 Å². The van der Waals surface area contributed by atoms with Gasteiger partial charge >= 0.3 is 7.82 Å². The Kier molecular flexibility index (Phi) is 14.6. The minimum Gasteiger partial charge on any atom is -0.404 e. The highest BCUT2D eigenvalue weighted by atomic mass is 31.2. The number of fused-ring (bicyclic) bond motifs is 5. The Morgan fingerprint density at radius 3 is 2.27 bits per heavy atom. The number of methoxy groups -OCH3 is 1. The minimum atomic E-state index is -3.97. The molecule has 12 nitrogen and oxygen atoms in total. The van der Waals surface area contributed by atoms with Gasteiger partial charge in [0.1, 0.15) is 5.75 Å². The summed E-state index contributed by atoms with van der Waals surface area (Å²) in [5.74, 6) is 0.993. The molecule has 0 radical (unpaired) electrons. The zero-order valence-corrected chi connectivity index (χ0v) is 35.4. The molecule has 5 N–H and O–H groups in total. The van der Waals surface area contributed by atoms with Crippen molar-refractivity contribution in [1.29, 1.82) is 0 Å². The lowest BCUT2D eigenvalue weighted by molar-refractivity contribution is -0.140. The van der Waals surface area contributed by atoms with Crippen LogP contribution in [0, 0.1) is 23.2 Å². The first-order valence-corrected chi connectivity index (χ1v) is 22.9. The van der Waals surface area contributed by atoms with Gasteiger partial charge in [-0.3, -0.25) is 18.6 Å². The maximum Gasteiger partial charge on any atom is 0.530 e. The smallest absolute Gasteiger partial charge is 0.404 e. The molecule has 9 unspecified atom stereocenters. The topological polar surface area (TPSA) is 168 Å². The molecule has 2 amide bonds. The lowest BCUT2D eigenvalue weighted by Crippen LogP contribution is -2.55. The van der Waals surface area contributed by atoms with Crippen molar-refractivity contribution in [3.63, 3.8) is 0 Å². The van der Waals surface area contributed by atoms with Crippen molar-refractivity contribution in [3.8, 4) is 5.75 Å². The third-order valence-electron chi connectivity index (χ3n) is 13.5. The summed E-state index contributed by atoms with van der Waals surface area (Å²) in [4.78, 5) is 25.5. The number of carbonyl (C=O) groups is 2. The molecule has 0 bridgehead atoms. The summed E-state index contributed by atoms with van der Waals surface area (Å²) >= 11 is 0. The lowest BCUT2D eigenvalue weighted by Gasteiger charge is -2.50. The zero-order valence-electron chi connectivity index (χ0n) is 34.5. The van der Waals surface area contributed by atoms with Gasteiger partial charge in [-0.05, 0) is 115 Å². The predicted molar refractivity (Wildman–Crippen MR) is 224 cm³/mol. The van der Waals surface area contributed by atoms with Gasteiger partial charge in [0.05, 0.1) is 44.1 Å². The molecule has 4 aliphatic carbocycles. The fraction of sp³-hybridized carbons (Fsp3) is 0.565. The molecule has 3 fully saturated rings. The second kappa shape index (κ2) is 19.8. The number of rotatable bonds is 18. The van der Waals surface area contributed by atoms with Crippen molar-refractivity contribution in [2.75, 3.05) is 26.8 Å². The van der Waals surface area contributed by atoms with Crippen LogP contribution < -0.4 is 20.9 Å². The lowest BCUT2D eigenvalue weighted by atomic mass is 9.55. The van der Waals surface area contributed by atoms with Gasteiger partial charge in [-0.15, -0.1) is 0 Å². The fourth-order valence-corrected chi connectivity index (χ4v) is 11.5. The number of aliphatic hydroxyl groups is 1. The van der Waals surface area contributed by atoms with Gasteiger partial charge in [0.2, 0.25) is 11.8 Å². The molecule has 0 heterocycles. The number of hydrogen-bond acceptors (Lipinski definition) is 10. The number of carbonyl (C=O) groups excluding carboxylic acids is 2. The third-order valence-corrected chi connectivity index (χ3v) is 14.8. The van der Waals surface area contributed by atoms with Crippen LogP contribution >= 0.6 is 7.82 Å². The van der Waals surface area contributed by atoms with Gasteiger partial charge in [-0.2, -0.15) is 0 Å². The average Bonchev–Trinajstić information content (AvgIpc) is 3.59. The van der Waals surface area contributed by atoms with Crippen molar-refractivity contribution in [1.82, 2.24) is 10.6 Å². The van der Waals surface area contributed by atoms with E-state index in [0.29, 0.717) is 62.5 Å². The highest BCUT2D eigenvalue weighted by Gasteiger charge is 2.55. The number of ether oxygens (including phenoxy) is 2. The monoisotopic (exact) mass is 831 g/mol. The highest BCUT2D eigenvalue weighted by Crippen LogP contribution is 2.62. The molecule has 0 aliphatic heterocycles. The Labute approximate surface area is 348 Å². The maximum atomic E-state index is 14.1. The molecule has 9 atom stereocenters. The number of aryl methyl sites for hydroxylation is 1.